The number of nitrogens with two attached hydrogens (primary N) is 1. The molecule has 0 saturated carbocycles. The van der Waals surface area contributed by atoms with Crippen LogP contribution >= 0.6 is 11.6 Å². The molecule has 1 amide bonds. The second-order valence-corrected chi connectivity index (χ2v) is 4.26. The van der Waals surface area contributed by atoms with Crippen LogP contribution in [0.15, 0.2) is 24.3 Å². The van der Waals surface area contributed by atoms with Crippen molar-refractivity contribution in [2.24, 2.45) is 11.7 Å². The molecule has 4 heteroatoms. The SMILES string of the molecule is NCC1CN(C(=O)c2ccc(Cl)cc2)C1. The fourth-order valence-corrected chi connectivity index (χ4v) is 1.79. The summed E-state index contributed by atoms with van der Waals surface area (Å²) in [4.78, 5) is 13.6. The van der Waals surface area contributed by atoms with Gasteiger partial charge in [-0.3, -0.25) is 4.79 Å². The number of hydrogen-bond acceptors (Lipinski definition) is 2. The van der Waals surface area contributed by atoms with Gasteiger partial charge in [0.15, 0.2) is 0 Å². The third-order valence-electron chi connectivity index (χ3n) is 2.67. The summed E-state index contributed by atoms with van der Waals surface area (Å²) < 4.78 is 0. The summed E-state index contributed by atoms with van der Waals surface area (Å²) in [6.45, 7) is 2.21. The highest BCUT2D eigenvalue weighted by Crippen LogP contribution is 2.18. The molecule has 0 aromatic heterocycles. The monoisotopic (exact) mass is 224 g/mol. The standard InChI is InChI=1S/C11H13ClN2O/c12-10-3-1-9(2-4-10)11(15)14-6-8(5-13)7-14/h1-4,8H,5-7,13H2. The summed E-state index contributed by atoms with van der Waals surface area (Å²) in [5.74, 6) is 0.539. The molecular formula is C11H13ClN2O. The Morgan fingerprint density at radius 1 is 1.40 bits per heavy atom. The maximum Gasteiger partial charge on any atom is 0.253 e. The third kappa shape index (κ3) is 2.13. The Kier molecular flexibility index (Phi) is 2.93. The fraction of sp³-hybridized carbons (Fsp3) is 0.364. The molecule has 1 saturated heterocycles. The van der Waals surface area contributed by atoms with Gasteiger partial charge in [0.25, 0.3) is 5.91 Å². The van der Waals surface area contributed by atoms with Crippen molar-refractivity contribution in [1.82, 2.24) is 4.90 Å². The number of nitrogens with zero attached hydrogens (tertiary/aromatic N) is 1. The van der Waals surface area contributed by atoms with Crippen LogP contribution in [0.3, 0.4) is 0 Å². The molecule has 3 nitrogen and oxygen atoms in total. The number of amides is 1. The summed E-state index contributed by atoms with van der Waals surface area (Å²) >= 11 is 5.75. The van der Waals surface area contributed by atoms with E-state index in [2.05, 4.69) is 0 Å². The second kappa shape index (κ2) is 4.21. The van der Waals surface area contributed by atoms with E-state index in [0.717, 1.165) is 13.1 Å². The number of likely N-dealkylation sites (tertiary alicyclic amines) is 1. The molecule has 1 aliphatic rings. The highest BCUT2D eigenvalue weighted by atomic mass is 35.5. The molecule has 0 aliphatic carbocycles. The first-order valence-corrected chi connectivity index (χ1v) is 5.33. The zero-order valence-corrected chi connectivity index (χ0v) is 9.07. The van der Waals surface area contributed by atoms with Gasteiger partial charge in [0.1, 0.15) is 0 Å². The maximum absolute atomic E-state index is 11.8. The van der Waals surface area contributed by atoms with Crippen molar-refractivity contribution in [3.05, 3.63) is 34.9 Å². The Bertz CT molecular complexity index is 357. The molecule has 0 unspecified atom stereocenters. The van der Waals surface area contributed by atoms with Crippen LogP contribution in [0.25, 0.3) is 0 Å². The lowest BCUT2D eigenvalue weighted by molar-refractivity contribution is 0.0515. The zero-order valence-electron chi connectivity index (χ0n) is 8.32. The Balaban J connectivity index is 2.00. The van der Waals surface area contributed by atoms with E-state index in [1.54, 1.807) is 29.2 Å². The molecule has 1 aromatic carbocycles. The quantitative estimate of drug-likeness (QED) is 0.825. The van der Waals surface area contributed by atoms with Crippen LogP contribution in [0.1, 0.15) is 10.4 Å². The van der Waals surface area contributed by atoms with Gasteiger partial charge in [-0.25, -0.2) is 0 Å². The second-order valence-electron chi connectivity index (χ2n) is 3.82. The normalized spacial score (nSPS) is 16.3. The fourth-order valence-electron chi connectivity index (χ4n) is 1.66. The predicted molar refractivity (Wildman–Crippen MR) is 59.9 cm³/mol. The van der Waals surface area contributed by atoms with Crippen LogP contribution in [0.5, 0.6) is 0 Å². The lowest BCUT2D eigenvalue weighted by Gasteiger charge is -2.38. The van der Waals surface area contributed by atoms with Gasteiger partial charge in [0.2, 0.25) is 0 Å². The average Bonchev–Trinajstić information content (AvgIpc) is 2.17. The molecule has 0 bridgehead atoms. The number of carbonyl (C=O) groups excluding carboxylic acids is 1. The average molecular weight is 225 g/mol. The minimum Gasteiger partial charge on any atom is -0.338 e. The summed E-state index contributed by atoms with van der Waals surface area (Å²) in [7, 11) is 0. The number of hydrogen-bond donors (Lipinski definition) is 1. The summed E-state index contributed by atoms with van der Waals surface area (Å²) in [5.41, 5.74) is 6.19. The van der Waals surface area contributed by atoms with Gasteiger partial charge in [-0.2, -0.15) is 0 Å². The first-order chi connectivity index (χ1) is 7.20. The van der Waals surface area contributed by atoms with Gasteiger partial charge >= 0.3 is 0 Å². The predicted octanol–water partition coefficient (Wildman–Crippen LogP) is 1.37. The van der Waals surface area contributed by atoms with E-state index >= 15 is 0 Å². The first-order valence-electron chi connectivity index (χ1n) is 4.95. The highest BCUT2D eigenvalue weighted by molar-refractivity contribution is 6.30. The van der Waals surface area contributed by atoms with Gasteiger partial charge < -0.3 is 10.6 Å². The van der Waals surface area contributed by atoms with Crippen molar-refractivity contribution in [3.8, 4) is 0 Å². The van der Waals surface area contributed by atoms with Crippen LogP contribution in [0.4, 0.5) is 0 Å². The minimum absolute atomic E-state index is 0.0661. The molecule has 2 rings (SSSR count). The Morgan fingerprint density at radius 2 is 2.00 bits per heavy atom. The van der Waals surface area contributed by atoms with Crippen molar-refractivity contribution in [2.45, 2.75) is 0 Å². The number of benzene rings is 1. The van der Waals surface area contributed by atoms with E-state index in [-0.39, 0.29) is 5.91 Å². The first kappa shape index (κ1) is 10.5. The number of carbonyl (C=O) groups is 1. The molecule has 15 heavy (non-hydrogen) atoms. The van der Waals surface area contributed by atoms with Crippen molar-refractivity contribution in [3.63, 3.8) is 0 Å². The van der Waals surface area contributed by atoms with Crippen LogP contribution in [0, 0.1) is 5.92 Å². The topological polar surface area (TPSA) is 46.3 Å². The van der Waals surface area contributed by atoms with E-state index < -0.39 is 0 Å². The van der Waals surface area contributed by atoms with Crippen LogP contribution < -0.4 is 5.73 Å². The number of rotatable bonds is 2. The highest BCUT2D eigenvalue weighted by Gasteiger charge is 2.29. The lowest BCUT2D eigenvalue weighted by Crippen LogP contribution is -2.52. The molecule has 0 spiro atoms. The molecule has 0 radical (unpaired) electrons. The minimum atomic E-state index is 0.0661. The van der Waals surface area contributed by atoms with Crippen molar-refractivity contribution < 1.29 is 4.79 Å². The van der Waals surface area contributed by atoms with Crippen LogP contribution in [-0.2, 0) is 0 Å². The van der Waals surface area contributed by atoms with Crippen LogP contribution in [0.2, 0.25) is 5.02 Å². The van der Waals surface area contributed by atoms with Crippen molar-refractivity contribution >= 4 is 17.5 Å². The van der Waals surface area contributed by atoms with Gasteiger partial charge in [-0.15, -0.1) is 0 Å². The smallest absolute Gasteiger partial charge is 0.253 e. The molecular weight excluding hydrogens is 212 g/mol. The molecule has 80 valence electrons. The van der Waals surface area contributed by atoms with E-state index in [4.69, 9.17) is 17.3 Å². The third-order valence-corrected chi connectivity index (χ3v) is 2.92. The summed E-state index contributed by atoms with van der Waals surface area (Å²) in [5, 5.41) is 0.648. The van der Waals surface area contributed by atoms with Crippen LogP contribution in [-0.4, -0.2) is 30.4 Å². The molecule has 2 N–H and O–H groups in total. The molecule has 1 aromatic rings. The Morgan fingerprint density at radius 3 is 2.53 bits per heavy atom. The van der Waals surface area contributed by atoms with Crippen molar-refractivity contribution in [1.29, 1.82) is 0 Å². The van der Waals surface area contributed by atoms with Gasteiger partial charge in [-0.1, -0.05) is 11.6 Å². The molecule has 1 fully saturated rings. The van der Waals surface area contributed by atoms with Gasteiger partial charge in [-0.05, 0) is 30.8 Å². The Hall–Kier alpha value is -1.06. The van der Waals surface area contributed by atoms with E-state index in [1.807, 2.05) is 0 Å². The largest absolute Gasteiger partial charge is 0.338 e. The zero-order chi connectivity index (χ0) is 10.8. The van der Waals surface area contributed by atoms with Gasteiger partial charge in [0, 0.05) is 29.6 Å². The Labute approximate surface area is 93.8 Å². The van der Waals surface area contributed by atoms with E-state index in [1.165, 1.54) is 0 Å². The molecule has 1 aliphatic heterocycles. The van der Waals surface area contributed by atoms with E-state index in [9.17, 15) is 4.79 Å². The maximum atomic E-state index is 11.8. The summed E-state index contributed by atoms with van der Waals surface area (Å²) in [6.07, 6.45) is 0. The van der Waals surface area contributed by atoms with E-state index in [0.29, 0.717) is 23.0 Å². The lowest BCUT2D eigenvalue weighted by atomic mass is 9.99. The number of halogens is 1. The van der Waals surface area contributed by atoms with Crippen molar-refractivity contribution in [2.75, 3.05) is 19.6 Å². The van der Waals surface area contributed by atoms with Gasteiger partial charge in [0.05, 0.1) is 0 Å². The molecule has 0 atom stereocenters. The molecule has 1 heterocycles. The summed E-state index contributed by atoms with van der Waals surface area (Å²) in [6, 6.07) is 6.96.